The molecule has 1 unspecified atom stereocenters. The fourth-order valence-corrected chi connectivity index (χ4v) is 1.58. The fourth-order valence-electron chi connectivity index (χ4n) is 0.754. The van der Waals surface area contributed by atoms with Gasteiger partial charge in [0.2, 0.25) is 0 Å². The van der Waals surface area contributed by atoms with Crippen molar-refractivity contribution in [2.45, 2.75) is 0 Å². The summed E-state index contributed by atoms with van der Waals surface area (Å²) in [6.45, 7) is 0. The molecule has 0 bridgehead atoms. The van der Waals surface area contributed by atoms with Crippen molar-refractivity contribution in [3.63, 3.8) is 0 Å². The third-order valence-corrected chi connectivity index (χ3v) is 2.57. The topological polar surface area (TPSA) is 89.7 Å². The van der Waals surface area contributed by atoms with Crippen molar-refractivity contribution >= 4 is 12.9 Å². The molecule has 1 atom stereocenters. The molecule has 0 spiro atoms. The molecular formula is C6H6NO5P. The van der Waals surface area contributed by atoms with Crippen LogP contribution in [-0.4, -0.2) is 9.98 Å². The molecule has 1 aromatic carbocycles. The maximum Gasteiger partial charge on any atom is 0.397 e. The third-order valence-electron chi connectivity index (χ3n) is 1.26. The molecule has 0 aliphatic carbocycles. The highest BCUT2D eigenvalue weighted by atomic mass is 31.2. The molecule has 0 aromatic heterocycles. The van der Waals surface area contributed by atoms with E-state index >= 15 is 0 Å². The Bertz CT molecular complexity index is 351. The average Bonchev–Trinajstić information content (AvgIpc) is 2.04. The monoisotopic (exact) mass is 203 g/mol. The van der Waals surface area contributed by atoms with Crippen molar-refractivity contribution in [2.24, 2.45) is 0 Å². The van der Waals surface area contributed by atoms with Crippen LogP contribution in [0.3, 0.4) is 0 Å². The van der Waals surface area contributed by atoms with Crippen LogP contribution in [0.1, 0.15) is 0 Å². The molecule has 0 saturated carbocycles. The summed E-state index contributed by atoms with van der Waals surface area (Å²) in [7, 11) is -4.30. The van der Waals surface area contributed by atoms with Crippen molar-refractivity contribution in [3.05, 3.63) is 40.4 Å². The van der Waals surface area contributed by atoms with E-state index in [2.05, 4.69) is 4.62 Å². The van der Waals surface area contributed by atoms with E-state index in [0.717, 1.165) is 0 Å². The van der Waals surface area contributed by atoms with Gasteiger partial charge in [0.25, 0.3) is 0 Å². The number of hydrogen-bond acceptors (Lipinski definition) is 4. The molecule has 1 aromatic rings. The quantitative estimate of drug-likeness (QED) is 0.443. The summed E-state index contributed by atoms with van der Waals surface area (Å²) >= 11 is 0. The van der Waals surface area contributed by atoms with Crippen LogP contribution in [0.5, 0.6) is 0 Å². The zero-order chi connectivity index (χ0) is 9.90. The smallest absolute Gasteiger partial charge is 0.322 e. The van der Waals surface area contributed by atoms with Crippen LogP contribution in [0.2, 0.25) is 0 Å². The lowest BCUT2D eigenvalue weighted by molar-refractivity contribution is -0.715. The Labute approximate surface area is 73.4 Å². The zero-order valence-corrected chi connectivity index (χ0v) is 7.26. The summed E-state index contributed by atoms with van der Waals surface area (Å²) in [4.78, 5) is 18.9. The number of benzene rings is 1. The normalized spacial score (nSPS) is 14.5. The molecule has 0 aliphatic heterocycles. The van der Waals surface area contributed by atoms with Gasteiger partial charge in [0, 0.05) is 0 Å². The summed E-state index contributed by atoms with van der Waals surface area (Å²) in [5.41, 5.74) is 0. The molecule has 13 heavy (non-hydrogen) atoms. The Hall–Kier alpha value is -1.39. The first-order chi connectivity index (χ1) is 6.02. The minimum atomic E-state index is -4.30. The van der Waals surface area contributed by atoms with Gasteiger partial charge in [0.15, 0.2) is 0 Å². The number of hydrogen-bond donors (Lipinski definition) is 1. The highest BCUT2D eigenvalue weighted by Gasteiger charge is 2.25. The molecular weight excluding hydrogens is 197 g/mol. The Morgan fingerprint density at radius 1 is 1.38 bits per heavy atom. The Kier molecular flexibility index (Phi) is 2.65. The molecule has 70 valence electrons. The maximum absolute atomic E-state index is 11.1. The van der Waals surface area contributed by atoms with Crippen LogP contribution in [0.15, 0.2) is 30.3 Å². The Morgan fingerprint density at radius 2 is 1.92 bits per heavy atom. The van der Waals surface area contributed by atoms with Crippen molar-refractivity contribution in [1.29, 1.82) is 0 Å². The SMILES string of the molecule is O=[N+]([O-])OP(=O)(O)c1ccccc1. The summed E-state index contributed by atoms with van der Waals surface area (Å²) in [5, 5.41) is 8.45. The molecule has 1 N–H and O–H groups in total. The van der Waals surface area contributed by atoms with Crippen molar-refractivity contribution in [3.8, 4) is 0 Å². The number of nitrogens with zero attached hydrogens (tertiary/aromatic N) is 1. The second-order valence-corrected chi connectivity index (χ2v) is 3.88. The maximum atomic E-state index is 11.1. The van der Waals surface area contributed by atoms with Crippen LogP contribution in [0.25, 0.3) is 0 Å². The highest BCUT2D eigenvalue weighted by Crippen LogP contribution is 2.40. The lowest BCUT2D eigenvalue weighted by Crippen LogP contribution is -2.09. The van der Waals surface area contributed by atoms with Gasteiger partial charge >= 0.3 is 12.7 Å². The van der Waals surface area contributed by atoms with E-state index in [9.17, 15) is 14.7 Å². The summed E-state index contributed by atoms with van der Waals surface area (Å²) in [5.74, 6) is 0. The predicted octanol–water partition coefficient (Wildman–Crippen LogP) is 0.706. The summed E-state index contributed by atoms with van der Waals surface area (Å²) in [6, 6.07) is 7.16. The number of rotatable bonds is 3. The standard InChI is InChI=1S/C6H6NO5P/c8-7(9)12-13(10,11)6-4-2-1-3-5-6/h1-5H,(H,10,11). The van der Waals surface area contributed by atoms with E-state index in [-0.39, 0.29) is 5.30 Å². The Balaban J connectivity index is 2.95. The first-order valence-corrected chi connectivity index (χ1v) is 4.82. The van der Waals surface area contributed by atoms with Gasteiger partial charge in [-0.25, -0.2) is 4.62 Å². The van der Waals surface area contributed by atoms with Crippen molar-refractivity contribution in [1.82, 2.24) is 0 Å². The molecule has 7 heteroatoms. The first kappa shape index (κ1) is 9.70. The first-order valence-electron chi connectivity index (χ1n) is 3.25. The van der Waals surface area contributed by atoms with E-state index < -0.39 is 12.7 Å². The van der Waals surface area contributed by atoms with Crippen LogP contribution in [-0.2, 0) is 9.19 Å². The molecule has 0 amide bonds. The van der Waals surface area contributed by atoms with Crippen LogP contribution >= 0.6 is 7.60 Å². The van der Waals surface area contributed by atoms with Crippen LogP contribution in [0.4, 0.5) is 0 Å². The molecule has 0 aliphatic rings. The molecule has 0 saturated heterocycles. The fraction of sp³-hybridized carbons (Fsp3) is 0. The lowest BCUT2D eigenvalue weighted by atomic mass is 10.4. The van der Waals surface area contributed by atoms with Gasteiger partial charge in [-0.05, 0) is 12.1 Å². The van der Waals surface area contributed by atoms with Gasteiger partial charge in [0.05, 0.1) is 5.30 Å². The molecule has 0 heterocycles. The predicted molar refractivity (Wildman–Crippen MR) is 44.0 cm³/mol. The minimum Gasteiger partial charge on any atom is -0.322 e. The van der Waals surface area contributed by atoms with E-state index in [1.54, 1.807) is 6.07 Å². The van der Waals surface area contributed by atoms with Gasteiger partial charge < -0.3 is 4.89 Å². The van der Waals surface area contributed by atoms with E-state index in [1.165, 1.54) is 24.3 Å². The molecule has 6 nitrogen and oxygen atoms in total. The summed E-state index contributed by atoms with van der Waals surface area (Å²) in [6.07, 6.45) is 0. The van der Waals surface area contributed by atoms with Gasteiger partial charge in [-0.3, -0.25) is 4.57 Å². The second kappa shape index (κ2) is 3.55. The molecule has 0 radical (unpaired) electrons. The lowest BCUT2D eigenvalue weighted by Gasteiger charge is -2.07. The van der Waals surface area contributed by atoms with Crippen molar-refractivity contribution < 1.29 is 19.2 Å². The van der Waals surface area contributed by atoms with Crippen LogP contribution in [0, 0.1) is 10.1 Å². The van der Waals surface area contributed by atoms with E-state index in [1.807, 2.05) is 0 Å². The molecule has 0 fully saturated rings. The third kappa shape index (κ3) is 2.54. The van der Waals surface area contributed by atoms with E-state index in [0.29, 0.717) is 0 Å². The molecule has 1 rings (SSSR count). The Morgan fingerprint density at radius 3 is 2.38 bits per heavy atom. The second-order valence-electron chi connectivity index (χ2n) is 2.16. The summed E-state index contributed by atoms with van der Waals surface area (Å²) < 4.78 is 14.8. The highest BCUT2D eigenvalue weighted by molar-refractivity contribution is 7.61. The minimum absolute atomic E-state index is 0.105. The van der Waals surface area contributed by atoms with Gasteiger partial charge in [-0.1, -0.05) is 18.2 Å². The van der Waals surface area contributed by atoms with Gasteiger partial charge in [-0.2, -0.15) is 0 Å². The average molecular weight is 203 g/mol. The largest absolute Gasteiger partial charge is 0.397 e. The van der Waals surface area contributed by atoms with Crippen molar-refractivity contribution in [2.75, 3.05) is 0 Å². The zero-order valence-electron chi connectivity index (χ0n) is 6.36. The van der Waals surface area contributed by atoms with E-state index in [4.69, 9.17) is 4.89 Å². The van der Waals surface area contributed by atoms with Gasteiger partial charge in [0.1, 0.15) is 0 Å². The van der Waals surface area contributed by atoms with Crippen LogP contribution < -0.4 is 5.30 Å². The van der Waals surface area contributed by atoms with Gasteiger partial charge in [-0.15, -0.1) is 10.1 Å².